The topological polar surface area (TPSA) is 107 Å². The van der Waals surface area contributed by atoms with Crippen LogP contribution in [-0.2, 0) is 4.79 Å². The predicted octanol–water partition coefficient (Wildman–Crippen LogP) is 3.57. The molecule has 1 amide bonds. The van der Waals surface area contributed by atoms with Crippen molar-refractivity contribution in [2.45, 2.75) is 13.8 Å². The summed E-state index contributed by atoms with van der Waals surface area (Å²) in [5, 5.41) is 6.93. The van der Waals surface area contributed by atoms with E-state index < -0.39 is 0 Å². The molecule has 166 valence electrons. The minimum atomic E-state index is -0.320. The van der Waals surface area contributed by atoms with E-state index in [-0.39, 0.29) is 12.5 Å². The van der Waals surface area contributed by atoms with Crippen LogP contribution in [0.25, 0.3) is 0 Å². The van der Waals surface area contributed by atoms with Crippen LogP contribution in [0.3, 0.4) is 0 Å². The zero-order valence-corrected chi connectivity index (χ0v) is 18.4. The van der Waals surface area contributed by atoms with Gasteiger partial charge in [0.25, 0.3) is 5.91 Å². The number of ether oxygens (including phenoxy) is 3. The lowest BCUT2D eigenvalue weighted by Gasteiger charge is -2.12. The molecule has 0 fully saturated rings. The van der Waals surface area contributed by atoms with Gasteiger partial charge < -0.3 is 19.5 Å². The number of carbonyl (C=O) groups excluding carboxylic acids is 1. The third kappa shape index (κ3) is 6.18. The highest BCUT2D eigenvalue weighted by molar-refractivity contribution is 5.93. The molecule has 9 heteroatoms. The second-order valence-electron chi connectivity index (χ2n) is 6.79. The van der Waals surface area contributed by atoms with Gasteiger partial charge in [-0.2, -0.15) is 5.10 Å². The van der Waals surface area contributed by atoms with Crippen LogP contribution in [0.2, 0.25) is 0 Å². The summed E-state index contributed by atoms with van der Waals surface area (Å²) in [6, 6.07) is 14.3. The molecule has 9 nitrogen and oxygen atoms in total. The van der Waals surface area contributed by atoms with Gasteiger partial charge in [0.05, 0.1) is 26.1 Å². The molecule has 32 heavy (non-hydrogen) atoms. The van der Waals surface area contributed by atoms with Crippen molar-refractivity contribution in [3.63, 3.8) is 0 Å². The molecule has 1 heterocycles. The van der Waals surface area contributed by atoms with Crippen molar-refractivity contribution in [2.24, 2.45) is 5.10 Å². The van der Waals surface area contributed by atoms with E-state index in [0.717, 1.165) is 17.0 Å². The number of aryl methyl sites for hydroxylation is 2. The van der Waals surface area contributed by atoms with Crippen molar-refractivity contribution in [2.75, 3.05) is 31.6 Å². The summed E-state index contributed by atoms with van der Waals surface area (Å²) in [5.41, 5.74) is 5.86. The first-order valence-electron chi connectivity index (χ1n) is 9.83. The molecule has 0 bridgehead atoms. The molecular weight excluding hydrogens is 410 g/mol. The molecule has 0 spiro atoms. The van der Waals surface area contributed by atoms with Crippen molar-refractivity contribution < 1.29 is 19.0 Å². The Bertz CT molecular complexity index is 1100. The fraction of sp³-hybridized carbons (Fsp3) is 0.217. The summed E-state index contributed by atoms with van der Waals surface area (Å²) in [7, 11) is 3.07. The fourth-order valence-electron chi connectivity index (χ4n) is 2.90. The highest BCUT2D eigenvalue weighted by Gasteiger charge is 2.10. The molecule has 1 aromatic heterocycles. The van der Waals surface area contributed by atoms with Crippen LogP contribution in [0.15, 0.2) is 53.6 Å². The number of carbonyl (C=O) groups is 1. The highest BCUT2D eigenvalue weighted by Crippen LogP contribution is 2.28. The number of aromatic nitrogens is 2. The van der Waals surface area contributed by atoms with E-state index in [4.69, 9.17) is 14.2 Å². The predicted molar refractivity (Wildman–Crippen MR) is 123 cm³/mol. The maximum absolute atomic E-state index is 12.3. The Morgan fingerprint density at radius 3 is 2.41 bits per heavy atom. The van der Waals surface area contributed by atoms with Gasteiger partial charge in [0, 0.05) is 11.4 Å². The van der Waals surface area contributed by atoms with Crippen LogP contribution in [0.1, 0.15) is 17.0 Å². The van der Waals surface area contributed by atoms with Crippen LogP contribution in [0.5, 0.6) is 17.2 Å². The van der Waals surface area contributed by atoms with Crippen LogP contribution < -0.4 is 25.0 Å². The molecule has 3 rings (SSSR count). The number of benzene rings is 2. The summed E-state index contributed by atoms with van der Waals surface area (Å²) in [6.07, 6.45) is 1.61. The largest absolute Gasteiger partial charge is 0.495 e. The standard InChI is InChI=1S/C23H25N5O4/c1-15-11-16(2)26-23(25-15)28-24-13-17-9-10-20(21(12-17)31-4)32-14-22(29)27-18-7-5-6-8-19(18)30-3/h5-13H,14H2,1-4H3,(H,27,29)(H,25,26,28)/b24-13+. The van der Waals surface area contributed by atoms with Crippen LogP contribution in [0.4, 0.5) is 11.6 Å². The molecule has 2 aromatic carbocycles. The number of methoxy groups -OCH3 is 2. The van der Waals surface area contributed by atoms with Crippen LogP contribution >= 0.6 is 0 Å². The number of amides is 1. The van der Waals surface area contributed by atoms with Crippen molar-refractivity contribution in [3.8, 4) is 17.2 Å². The Hall–Kier alpha value is -4.14. The molecular formula is C23H25N5O4. The fourth-order valence-corrected chi connectivity index (χ4v) is 2.90. The van der Waals surface area contributed by atoms with Gasteiger partial charge in [-0.15, -0.1) is 0 Å². The average molecular weight is 435 g/mol. The summed E-state index contributed by atoms with van der Waals surface area (Å²) in [4.78, 5) is 20.8. The van der Waals surface area contributed by atoms with Gasteiger partial charge in [0.2, 0.25) is 5.95 Å². The van der Waals surface area contributed by atoms with E-state index in [9.17, 15) is 4.79 Å². The number of rotatable bonds is 9. The van der Waals surface area contributed by atoms with Crippen molar-refractivity contribution in [1.29, 1.82) is 0 Å². The quantitative estimate of drug-likeness (QED) is 0.391. The van der Waals surface area contributed by atoms with E-state index >= 15 is 0 Å². The van der Waals surface area contributed by atoms with Gasteiger partial charge in [-0.05, 0) is 55.8 Å². The average Bonchev–Trinajstić information content (AvgIpc) is 2.77. The van der Waals surface area contributed by atoms with E-state index in [0.29, 0.717) is 28.9 Å². The Morgan fingerprint density at radius 1 is 0.969 bits per heavy atom. The summed E-state index contributed by atoms with van der Waals surface area (Å²) < 4.78 is 16.2. The zero-order chi connectivity index (χ0) is 22.9. The smallest absolute Gasteiger partial charge is 0.262 e. The Kier molecular flexibility index (Phi) is 7.58. The van der Waals surface area contributed by atoms with E-state index in [1.54, 1.807) is 43.7 Å². The summed E-state index contributed by atoms with van der Waals surface area (Å²) in [6.45, 7) is 3.60. The number of hydrogen-bond donors (Lipinski definition) is 2. The second-order valence-corrected chi connectivity index (χ2v) is 6.79. The molecule has 0 atom stereocenters. The minimum absolute atomic E-state index is 0.187. The molecule has 0 unspecified atom stereocenters. The lowest BCUT2D eigenvalue weighted by atomic mass is 10.2. The third-order valence-corrected chi connectivity index (χ3v) is 4.29. The first kappa shape index (κ1) is 22.5. The van der Waals surface area contributed by atoms with Gasteiger partial charge in [-0.1, -0.05) is 12.1 Å². The minimum Gasteiger partial charge on any atom is -0.495 e. The van der Waals surface area contributed by atoms with Gasteiger partial charge >= 0.3 is 0 Å². The molecule has 0 aliphatic rings. The number of hydrogen-bond acceptors (Lipinski definition) is 8. The molecule has 0 radical (unpaired) electrons. The van der Waals surface area contributed by atoms with Crippen LogP contribution in [-0.4, -0.2) is 42.9 Å². The van der Waals surface area contributed by atoms with E-state index in [2.05, 4.69) is 25.8 Å². The number of nitrogens with one attached hydrogen (secondary N) is 2. The first-order chi connectivity index (χ1) is 15.5. The summed E-state index contributed by atoms with van der Waals surface area (Å²) >= 11 is 0. The first-order valence-corrected chi connectivity index (χ1v) is 9.83. The highest BCUT2D eigenvalue weighted by atomic mass is 16.5. The number of para-hydroxylation sites is 2. The normalized spacial score (nSPS) is 10.6. The monoisotopic (exact) mass is 435 g/mol. The Balaban J connectivity index is 1.60. The molecule has 2 N–H and O–H groups in total. The van der Waals surface area contributed by atoms with Crippen LogP contribution in [0, 0.1) is 13.8 Å². The molecule has 0 saturated heterocycles. The Labute approximate surface area is 186 Å². The maximum Gasteiger partial charge on any atom is 0.262 e. The summed E-state index contributed by atoms with van der Waals surface area (Å²) in [5.74, 6) is 1.58. The van der Waals surface area contributed by atoms with Crippen molar-refractivity contribution in [3.05, 3.63) is 65.5 Å². The van der Waals surface area contributed by atoms with Gasteiger partial charge in [0.15, 0.2) is 18.1 Å². The van der Waals surface area contributed by atoms with Gasteiger partial charge in [0.1, 0.15) is 5.75 Å². The van der Waals surface area contributed by atoms with E-state index in [1.807, 2.05) is 32.0 Å². The number of nitrogens with zero attached hydrogens (tertiary/aromatic N) is 3. The zero-order valence-electron chi connectivity index (χ0n) is 18.4. The second kappa shape index (κ2) is 10.8. The SMILES string of the molecule is COc1ccccc1NC(=O)COc1ccc(/C=N/Nc2nc(C)cc(C)n2)cc1OC. The van der Waals surface area contributed by atoms with Gasteiger partial charge in [-0.3, -0.25) is 4.79 Å². The number of hydrazone groups is 1. The molecule has 3 aromatic rings. The lowest BCUT2D eigenvalue weighted by molar-refractivity contribution is -0.118. The number of anilines is 2. The molecule has 0 aliphatic heterocycles. The van der Waals surface area contributed by atoms with Crippen molar-refractivity contribution >= 4 is 23.8 Å². The van der Waals surface area contributed by atoms with Gasteiger partial charge in [-0.25, -0.2) is 15.4 Å². The molecule has 0 saturated carbocycles. The third-order valence-electron chi connectivity index (χ3n) is 4.29. The Morgan fingerprint density at radius 2 is 1.69 bits per heavy atom. The van der Waals surface area contributed by atoms with Crippen molar-refractivity contribution in [1.82, 2.24) is 9.97 Å². The molecule has 0 aliphatic carbocycles. The maximum atomic E-state index is 12.3. The lowest BCUT2D eigenvalue weighted by Crippen LogP contribution is -2.20. The van der Waals surface area contributed by atoms with E-state index in [1.165, 1.54) is 7.11 Å².